The third-order valence-electron chi connectivity index (χ3n) is 3.34. The van der Waals surface area contributed by atoms with Crippen molar-refractivity contribution in [3.8, 4) is 5.75 Å². The van der Waals surface area contributed by atoms with E-state index in [0.717, 1.165) is 27.0 Å². The summed E-state index contributed by atoms with van der Waals surface area (Å²) in [6, 6.07) is 9.96. The molecule has 1 heterocycles. The minimum atomic E-state index is -1.05. The quantitative estimate of drug-likeness (QED) is 0.780. The van der Waals surface area contributed by atoms with E-state index < -0.39 is 10.8 Å². The fraction of sp³-hybridized carbons (Fsp3) is 0.125. The van der Waals surface area contributed by atoms with Crippen LogP contribution >= 0.6 is 0 Å². The van der Waals surface area contributed by atoms with E-state index in [-0.39, 0.29) is 5.25 Å². The summed E-state index contributed by atoms with van der Waals surface area (Å²) in [6.07, 6.45) is 5.69. The zero-order valence-electron chi connectivity index (χ0n) is 10.6. The van der Waals surface area contributed by atoms with Crippen molar-refractivity contribution >= 4 is 27.6 Å². The highest BCUT2D eigenvalue weighted by Crippen LogP contribution is 2.31. The molecule has 3 heteroatoms. The average Bonchev–Trinajstić information content (AvgIpc) is 2.45. The second-order valence-electron chi connectivity index (χ2n) is 4.46. The van der Waals surface area contributed by atoms with Crippen molar-refractivity contribution in [2.24, 2.45) is 0 Å². The predicted octanol–water partition coefficient (Wildman–Crippen LogP) is 3.54. The molecule has 3 rings (SSSR count). The second-order valence-corrected chi connectivity index (χ2v) is 6.04. The summed E-state index contributed by atoms with van der Waals surface area (Å²) < 4.78 is 17.6. The Kier molecular flexibility index (Phi) is 2.99. The fourth-order valence-corrected chi connectivity index (χ4v) is 3.58. The fourth-order valence-electron chi connectivity index (χ4n) is 2.29. The highest BCUT2D eigenvalue weighted by Gasteiger charge is 2.20. The molecule has 0 fully saturated rings. The van der Waals surface area contributed by atoms with Crippen molar-refractivity contribution in [3.63, 3.8) is 0 Å². The van der Waals surface area contributed by atoms with Gasteiger partial charge in [-0.15, -0.1) is 6.58 Å². The van der Waals surface area contributed by atoms with Crippen molar-refractivity contribution in [2.75, 3.05) is 7.11 Å². The van der Waals surface area contributed by atoms with E-state index in [0.29, 0.717) is 0 Å². The van der Waals surface area contributed by atoms with Gasteiger partial charge in [-0.2, -0.15) is 0 Å². The van der Waals surface area contributed by atoms with E-state index in [2.05, 4.69) is 12.6 Å². The lowest BCUT2D eigenvalue weighted by Crippen LogP contribution is -2.13. The standard InChI is InChI=1S/C16H14O2S/c1-3-15-7-5-12-8-13-9-14(18-2)6-4-11(13)10-16(12)19(15)17/h3-10,15H,1H2,2H3. The Labute approximate surface area is 114 Å². The summed E-state index contributed by atoms with van der Waals surface area (Å²) in [4.78, 5) is 0.880. The highest BCUT2D eigenvalue weighted by molar-refractivity contribution is 7.86. The van der Waals surface area contributed by atoms with Gasteiger partial charge in [-0.1, -0.05) is 24.3 Å². The Morgan fingerprint density at radius 1 is 1.26 bits per heavy atom. The molecule has 0 N–H and O–H groups in total. The van der Waals surface area contributed by atoms with Crippen LogP contribution in [0.4, 0.5) is 0 Å². The molecule has 2 atom stereocenters. The molecule has 0 amide bonds. The first-order valence-corrected chi connectivity index (χ1v) is 7.27. The lowest BCUT2D eigenvalue weighted by atomic mass is 10.1. The Bertz CT molecular complexity index is 716. The first kappa shape index (κ1) is 12.2. The minimum absolute atomic E-state index is 0.0943. The molecule has 1 aliphatic heterocycles. The number of fused-ring (bicyclic) bond motifs is 2. The molecule has 0 bridgehead atoms. The average molecular weight is 270 g/mol. The normalized spacial score (nSPS) is 21.1. The van der Waals surface area contributed by atoms with Crippen LogP contribution in [0.1, 0.15) is 5.56 Å². The first-order chi connectivity index (χ1) is 9.22. The number of benzene rings is 2. The SMILES string of the molecule is C=CC1C=Cc2cc3cc(OC)ccc3cc2S1=O. The molecular formula is C16H14O2S. The van der Waals surface area contributed by atoms with Gasteiger partial charge in [-0.05, 0) is 40.6 Å². The number of methoxy groups -OCH3 is 1. The predicted molar refractivity (Wildman–Crippen MR) is 79.9 cm³/mol. The van der Waals surface area contributed by atoms with Crippen LogP contribution in [0.25, 0.3) is 16.8 Å². The van der Waals surface area contributed by atoms with Gasteiger partial charge in [0, 0.05) is 4.90 Å². The van der Waals surface area contributed by atoms with Gasteiger partial charge in [0.2, 0.25) is 0 Å². The number of ether oxygens (including phenoxy) is 1. The second kappa shape index (κ2) is 4.67. The van der Waals surface area contributed by atoms with Crippen molar-refractivity contribution in [1.82, 2.24) is 0 Å². The van der Waals surface area contributed by atoms with Crippen LogP contribution in [0, 0.1) is 0 Å². The largest absolute Gasteiger partial charge is 0.497 e. The Morgan fingerprint density at radius 2 is 2.11 bits per heavy atom. The van der Waals surface area contributed by atoms with Crippen LogP contribution in [0.15, 0.2) is 54.0 Å². The van der Waals surface area contributed by atoms with Crippen LogP contribution in [-0.2, 0) is 10.8 Å². The molecule has 2 unspecified atom stereocenters. The highest BCUT2D eigenvalue weighted by atomic mass is 32.2. The van der Waals surface area contributed by atoms with Gasteiger partial charge in [0.25, 0.3) is 0 Å². The number of rotatable bonds is 2. The van der Waals surface area contributed by atoms with Gasteiger partial charge < -0.3 is 4.74 Å². The lowest BCUT2D eigenvalue weighted by molar-refractivity contribution is 0.415. The van der Waals surface area contributed by atoms with Crippen molar-refractivity contribution in [2.45, 2.75) is 10.1 Å². The molecule has 19 heavy (non-hydrogen) atoms. The maximum Gasteiger partial charge on any atom is 0.119 e. The maximum atomic E-state index is 12.4. The van der Waals surface area contributed by atoms with Gasteiger partial charge in [-0.3, -0.25) is 4.21 Å². The van der Waals surface area contributed by atoms with E-state index in [1.54, 1.807) is 13.2 Å². The van der Waals surface area contributed by atoms with Gasteiger partial charge in [0.05, 0.1) is 23.2 Å². The van der Waals surface area contributed by atoms with Crippen LogP contribution in [0.2, 0.25) is 0 Å². The summed E-state index contributed by atoms with van der Waals surface area (Å²) in [5, 5.41) is 2.08. The van der Waals surface area contributed by atoms with E-state index >= 15 is 0 Å². The van der Waals surface area contributed by atoms with Crippen LogP contribution < -0.4 is 4.74 Å². The summed E-state index contributed by atoms with van der Waals surface area (Å²) in [5.74, 6) is 0.831. The smallest absolute Gasteiger partial charge is 0.119 e. The number of hydrogen-bond acceptors (Lipinski definition) is 2. The Balaban J connectivity index is 2.22. The minimum Gasteiger partial charge on any atom is -0.497 e. The van der Waals surface area contributed by atoms with Crippen LogP contribution in [0.5, 0.6) is 5.75 Å². The monoisotopic (exact) mass is 270 g/mol. The molecule has 96 valence electrons. The molecular weight excluding hydrogens is 256 g/mol. The summed E-state index contributed by atoms with van der Waals surface area (Å²) in [5.41, 5.74) is 1.01. The van der Waals surface area contributed by atoms with Crippen molar-refractivity contribution in [1.29, 1.82) is 0 Å². The molecule has 1 aliphatic rings. The molecule has 2 aromatic carbocycles. The van der Waals surface area contributed by atoms with Crippen LogP contribution in [-0.4, -0.2) is 16.6 Å². The van der Waals surface area contributed by atoms with E-state index in [1.807, 2.05) is 36.4 Å². The van der Waals surface area contributed by atoms with Gasteiger partial charge >= 0.3 is 0 Å². The van der Waals surface area contributed by atoms with Gasteiger partial charge in [0.15, 0.2) is 0 Å². The third-order valence-corrected chi connectivity index (χ3v) is 4.97. The lowest BCUT2D eigenvalue weighted by Gasteiger charge is -2.17. The summed E-state index contributed by atoms with van der Waals surface area (Å²) in [6.45, 7) is 3.73. The first-order valence-electron chi connectivity index (χ1n) is 6.06. The van der Waals surface area contributed by atoms with E-state index in [4.69, 9.17) is 4.74 Å². The zero-order valence-corrected chi connectivity index (χ0v) is 11.4. The van der Waals surface area contributed by atoms with E-state index in [1.165, 1.54) is 0 Å². The summed E-state index contributed by atoms with van der Waals surface area (Å²) >= 11 is 0. The molecule has 2 nitrogen and oxygen atoms in total. The van der Waals surface area contributed by atoms with Crippen molar-refractivity contribution < 1.29 is 8.95 Å². The maximum absolute atomic E-state index is 12.4. The molecule has 2 aromatic rings. The third kappa shape index (κ3) is 2.00. The zero-order chi connectivity index (χ0) is 13.4. The molecule has 0 saturated heterocycles. The molecule has 0 radical (unpaired) electrons. The molecule has 0 spiro atoms. The molecule has 0 aromatic heterocycles. The Morgan fingerprint density at radius 3 is 2.84 bits per heavy atom. The summed E-state index contributed by atoms with van der Waals surface area (Å²) in [7, 11) is 0.604. The molecule has 0 aliphatic carbocycles. The van der Waals surface area contributed by atoms with Crippen molar-refractivity contribution in [3.05, 3.63) is 54.6 Å². The Hall–Kier alpha value is -1.87. The topological polar surface area (TPSA) is 26.3 Å². The van der Waals surface area contributed by atoms with Crippen LogP contribution in [0.3, 0.4) is 0 Å². The van der Waals surface area contributed by atoms with Gasteiger partial charge in [-0.25, -0.2) is 0 Å². The molecule has 0 saturated carbocycles. The number of hydrogen-bond donors (Lipinski definition) is 0. The van der Waals surface area contributed by atoms with Gasteiger partial charge in [0.1, 0.15) is 5.75 Å². The van der Waals surface area contributed by atoms with E-state index in [9.17, 15) is 4.21 Å².